The molecule has 40 heavy (non-hydrogen) atoms. The molecule has 11 nitrogen and oxygen atoms in total. The molecule has 0 aliphatic rings. The number of amides is 2. The molecular weight excluding hydrogens is 560 g/mol. The summed E-state index contributed by atoms with van der Waals surface area (Å²) in [6.07, 6.45) is 1.03. The zero-order valence-electron chi connectivity index (χ0n) is 22.1. The number of rotatable bonds is 12. The largest absolute Gasteiger partial charge is 0.495 e. The van der Waals surface area contributed by atoms with Crippen LogP contribution in [0.15, 0.2) is 72.8 Å². The molecule has 13 heteroatoms. The lowest BCUT2D eigenvalue weighted by Gasteiger charge is -2.33. The van der Waals surface area contributed by atoms with Gasteiger partial charge in [-0.1, -0.05) is 54.1 Å². The van der Waals surface area contributed by atoms with Crippen molar-refractivity contribution >= 4 is 44.8 Å². The third-order valence-electron chi connectivity index (χ3n) is 6.10. The van der Waals surface area contributed by atoms with Gasteiger partial charge in [-0.25, -0.2) is 8.42 Å². The standard InChI is InChI=1S/C27H29ClN4O7S/c1-29-27(34)24(15-19-7-5-4-6-8-19)30(17-20-9-11-21(28)12-10-20)26(33)18-31(40(3,37)38)23-16-22(32(35)36)13-14-25(23)39-2/h4-14,16,24H,15,17-18H2,1-3H3,(H,29,34). The van der Waals surface area contributed by atoms with Crippen LogP contribution >= 0.6 is 11.6 Å². The number of nitro groups is 1. The fourth-order valence-corrected chi connectivity index (χ4v) is 5.06. The molecule has 1 unspecified atom stereocenters. The zero-order chi connectivity index (χ0) is 29.4. The molecule has 0 bridgehead atoms. The first kappa shape index (κ1) is 30.4. The Bertz CT molecular complexity index is 1470. The van der Waals surface area contributed by atoms with Crippen LogP contribution in [0.2, 0.25) is 5.02 Å². The Balaban J connectivity index is 2.09. The van der Waals surface area contributed by atoms with Crippen molar-refractivity contribution in [2.75, 3.05) is 31.3 Å². The Labute approximate surface area is 237 Å². The number of anilines is 1. The third kappa shape index (κ3) is 7.70. The second-order valence-electron chi connectivity index (χ2n) is 8.85. The molecule has 0 heterocycles. The number of halogens is 1. The second-order valence-corrected chi connectivity index (χ2v) is 11.2. The predicted octanol–water partition coefficient (Wildman–Crippen LogP) is 3.41. The molecule has 3 aromatic rings. The lowest BCUT2D eigenvalue weighted by Crippen LogP contribution is -2.52. The second kappa shape index (κ2) is 13.3. The molecule has 212 valence electrons. The molecular formula is C27H29ClN4O7S. The summed E-state index contributed by atoms with van der Waals surface area (Å²) >= 11 is 6.03. The van der Waals surface area contributed by atoms with Crippen LogP contribution in [0.1, 0.15) is 11.1 Å². The number of ether oxygens (including phenoxy) is 1. The highest BCUT2D eigenvalue weighted by atomic mass is 35.5. The number of non-ortho nitro benzene ring substituents is 1. The van der Waals surface area contributed by atoms with E-state index in [0.717, 1.165) is 22.2 Å². The molecule has 0 saturated heterocycles. The molecule has 0 fully saturated rings. The summed E-state index contributed by atoms with van der Waals surface area (Å²) in [6, 6.07) is 18.2. The fraction of sp³-hybridized carbons (Fsp3) is 0.259. The quantitative estimate of drug-likeness (QED) is 0.253. The summed E-state index contributed by atoms with van der Waals surface area (Å²) in [4.78, 5) is 39.1. The van der Waals surface area contributed by atoms with E-state index in [1.807, 2.05) is 30.3 Å². The summed E-state index contributed by atoms with van der Waals surface area (Å²) in [5.74, 6) is -1.15. The van der Waals surface area contributed by atoms with Crippen LogP contribution in [0.3, 0.4) is 0 Å². The van der Waals surface area contributed by atoms with Crippen molar-refractivity contribution in [1.82, 2.24) is 10.2 Å². The molecule has 1 atom stereocenters. The van der Waals surface area contributed by atoms with E-state index in [-0.39, 0.29) is 30.1 Å². The SMILES string of the molecule is CNC(=O)C(Cc1ccccc1)N(Cc1ccc(Cl)cc1)C(=O)CN(c1cc([N+](=O)[O-])ccc1OC)S(C)(=O)=O. The third-order valence-corrected chi connectivity index (χ3v) is 7.48. The molecule has 3 aromatic carbocycles. The summed E-state index contributed by atoms with van der Waals surface area (Å²) < 4.78 is 31.8. The van der Waals surface area contributed by atoms with E-state index >= 15 is 0 Å². The minimum atomic E-state index is -4.15. The number of hydrogen-bond donors (Lipinski definition) is 1. The van der Waals surface area contributed by atoms with Gasteiger partial charge >= 0.3 is 0 Å². The summed E-state index contributed by atoms with van der Waals surface area (Å²) in [5.41, 5.74) is 0.865. The van der Waals surface area contributed by atoms with Crippen molar-refractivity contribution in [3.05, 3.63) is 99.1 Å². The number of carbonyl (C=O) groups is 2. The number of likely N-dealkylation sites (N-methyl/N-ethyl adjacent to an activating group) is 1. The number of nitrogens with one attached hydrogen (secondary N) is 1. The van der Waals surface area contributed by atoms with Crippen molar-refractivity contribution < 1.29 is 27.7 Å². The molecule has 0 radical (unpaired) electrons. The number of hydrogen-bond acceptors (Lipinski definition) is 7. The van der Waals surface area contributed by atoms with Gasteiger partial charge in [0.2, 0.25) is 21.8 Å². The highest BCUT2D eigenvalue weighted by Crippen LogP contribution is 2.34. The zero-order valence-corrected chi connectivity index (χ0v) is 23.7. The number of carbonyl (C=O) groups excluding carboxylic acids is 2. The maximum absolute atomic E-state index is 14.0. The summed E-state index contributed by atoms with van der Waals surface area (Å²) in [6.45, 7) is -0.781. The Hall–Kier alpha value is -4.16. The first-order valence-electron chi connectivity index (χ1n) is 12.0. The van der Waals surface area contributed by atoms with Crippen molar-refractivity contribution in [3.8, 4) is 5.75 Å². The summed E-state index contributed by atoms with van der Waals surface area (Å²) in [7, 11) is -1.42. The highest BCUT2D eigenvalue weighted by molar-refractivity contribution is 7.92. The van der Waals surface area contributed by atoms with Gasteiger partial charge in [-0.05, 0) is 29.3 Å². The number of nitrogens with zero attached hydrogens (tertiary/aromatic N) is 3. The van der Waals surface area contributed by atoms with E-state index < -0.39 is 39.3 Å². The highest BCUT2D eigenvalue weighted by Gasteiger charge is 2.34. The summed E-state index contributed by atoms with van der Waals surface area (Å²) in [5, 5.41) is 14.5. The van der Waals surface area contributed by atoms with Crippen LogP contribution in [0.5, 0.6) is 5.75 Å². The van der Waals surface area contributed by atoms with Crippen molar-refractivity contribution in [2.24, 2.45) is 0 Å². The van der Waals surface area contributed by atoms with Crippen molar-refractivity contribution in [3.63, 3.8) is 0 Å². The molecule has 2 amide bonds. The molecule has 0 aliphatic heterocycles. The molecule has 0 aromatic heterocycles. The van der Waals surface area contributed by atoms with E-state index in [1.54, 1.807) is 24.3 Å². The van der Waals surface area contributed by atoms with Crippen LogP contribution in [0, 0.1) is 10.1 Å². The Kier molecular flexibility index (Phi) is 10.1. The van der Waals surface area contributed by atoms with Crippen molar-refractivity contribution in [1.29, 1.82) is 0 Å². The molecule has 0 saturated carbocycles. The first-order chi connectivity index (χ1) is 18.9. The van der Waals surface area contributed by atoms with Gasteiger partial charge in [-0.15, -0.1) is 0 Å². The normalized spacial score (nSPS) is 11.8. The van der Waals surface area contributed by atoms with Gasteiger partial charge < -0.3 is 15.0 Å². The molecule has 0 spiro atoms. The van der Waals surface area contributed by atoms with Gasteiger partial charge in [0, 0.05) is 37.2 Å². The van der Waals surface area contributed by atoms with Crippen LogP contribution in [0.4, 0.5) is 11.4 Å². The average Bonchev–Trinajstić information content (AvgIpc) is 2.93. The Morgan fingerprint density at radius 3 is 2.25 bits per heavy atom. The Morgan fingerprint density at radius 1 is 1.05 bits per heavy atom. The minimum Gasteiger partial charge on any atom is -0.495 e. The van der Waals surface area contributed by atoms with Crippen LogP contribution in [0.25, 0.3) is 0 Å². The van der Waals surface area contributed by atoms with Crippen LogP contribution < -0.4 is 14.4 Å². The molecule has 3 rings (SSSR count). The van der Waals surface area contributed by atoms with E-state index in [9.17, 15) is 28.1 Å². The number of benzene rings is 3. The van der Waals surface area contributed by atoms with Crippen LogP contribution in [-0.4, -0.2) is 63.1 Å². The minimum absolute atomic E-state index is 0.0141. The lowest BCUT2D eigenvalue weighted by molar-refractivity contribution is -0.384. The van der Waals surface area contributed by atoms with Crippen molar-refractivity contribution in [2.45, 2.75) is 19.0 Å². The number of sulfonamides is 1. The van der Waals surface area contributed by atoms with Gasteiger partial charge in [-0.3, -0.25) is 24.0 Å². The van der Waals surface area contributed by atoms with E-state index in [4.69, 9.17) is 16.3 Å². The monoisotopic (exact) mass is 588 g/mol. The van der Waals surface area contributed by atoms with Crippen LogP contribution in [-0.2, 0) is 32.6 Å². The van der Waals surface area contributed by atoms with Gasteiger partial charge in [0.1, 0.15) is 24.0 Å². The van der Waals surface area contributed by atoms with Gasteiger partial charge in [-0.2, -0.15) is 0 Å². The maximum Gasteiger partial charge on any atom is 0.271 e. The maximum atomic E-state index is 14.0. The predicted molar refractivity (Wildman–Crippen MR) is 152 cm³/mol. The van der Waals surface area contributed by atoms with E-state index in [0.29, 0.717) is 10.6 Å². The number of nitro benzene ring substituents is 1. The van der Waals surface area contributed by atoms with E-state index in [1.165, 1.54) is 31.2 Å². The fourth-order valence-electron chi connectivity index (χ4n) is 4.09. The molecule has 1 N–H and O–H groups in total. The topological polar surface area (TPSA) is 139 Å². The first-order valence-corrected chi connectivity index (χ1v) is 14.3. The average molecular weight is 589 g/mol. The lowest BCUT2D eigenvalue weighted by atomic mass is 10.0. The van der Waals surface area contributed by atoms with Gasteiger partial charge in [0.15, 0.2) is 0 Å². The van der Waals surface area contributed by atoms with Gasteiger partial charge in [0.25, 0.3) is 5.69 Å². The smallest absolute Gasteiger partial charge is 0.271 e. The molecule has 0 aliphatic carbocycles. The number of methoxy groups -OCH3 is 1. The Morgan fingerprint density at radius 2 is 1.70 bits per heavy atom. The van der Waals surface area contributed by atoms with Gasteiger partial charge in [0.05, 0.1) is 18.3 Å². The van der Waals surface area contributed by atoms with E-state index in [2.05, 4.69) is 5.32 Å².